The van der Waals surface area contributed by atoms with Crippen molar-refractivity contribution in [3.63, 3.8) is 0 Å². The van der Waals surface area contributed by atoms with Crippen molar-refractivity contribution in [3.05, 3.63) is 115 Å². The Hall–Kier alpha value is -5.77. The van der Waals surface area contributed by atoms with Crippen LogP contribution in [0.1, 0.15) is 5.56 Å². The second-order valence-electron chi connectivity index (χ2n) is 9.75. The number of halogens is 2. The third-order valence-electron chi connectivity index (χ3n) is 6.96. The molecular formula is C32H21F2N7O. The van der Waals surface area contributed by atoms with Crippen LogP contribution in [-0.4, -0.2) is 36.0 Å². The molecule has 4 heterocycles. The average Bonchev–Trinajstić information content (AvgIpc) is 3.63. The summed E-state index contributed by atoms with van der Waals surface area (Å²) < 4.78 is 30.1. The summed E-state index contributed by atoms with van der Waals surface area (Å²) in [7, 11) is 0. The SMILES string of the molecule is O=C(Cc1ccccc1)Nc1cncc(-c2ccc3[nH]nc(-c4nc5nccc(-c6cccc(F)c6)c5[nH]4)c3c2F)c1. The predicted octanol–water partition coefficient (Wildman–Crippen LogP) is 6.69. The van der Waals surface area contributed by atoms with E-state index in [1.54, 1.807) is 42.6 Å². The summed E-state index contributed by atoms with van der Waals surface area (Å²) in [5, 5.41) is 10.3. The van der Waals surface area contributed by atoms with Gasteiger partial charge in [-0.3, -0.25) is 14.9 Å². The van der Waals surface area contributed by atoms with E-state index >= 15 is 4.39 Å². The Labute approximate surface area is 237 Å². The number of benzene rings is 3. The molecule has 10 heteroatoms. The summed E-state index contributed by atoms with van der Waals surface area (Å²) in [5.41, 5.74) is 5.18. The summed E-state index contributed by atoms with van der Waals surface area (Å²) in [4.78, 5) is 28.9. The van der Waals surface area contributed by atoms with Crippen LogP contribution >= 0.6 is 0 Å². The minimum absolute atomic E-state index is 0.204. The summed E-state index contributed by atoms with van der Waals surface area (Å²) in [6.45, 7) is 0. The number of carbonyl (C=O) groups is 1. The van der Waals surface area contributed by atoms with Gasteiger partial charge in [0.05, 0.1) is 34.7 Å². The van der Waals surface area contributed by atoms with Crippen molar-refractivity contribution in [2.24, 2.45) is 0 Å². The molecule has 0 unspecified atom stereocenters. The molecule has 4 aromatic heterocycles. The van der Waals surface area contributed by atoms with Crippen LogP contribution in [0.3, 0.4) is 0 Å². The van der Waals surface area contributed by atoms with Crippen LogP contribution < -0.4 is 5.32 Å². The van der Waals surface area contributed by atoms with E-state index in [9.17, 15) is 9.18 Å². The zero-order valence-electron chi connectivity index (χ0n) is 21.9. The highest BCUT2D eigenvalue weighted by Crippen LogP contribution is 2.35. The number of nitrogens with one attached hydrogen (secondary N) is 3. The number of amides is 1. The third kappa shape index (κ3) is 4.64. The van der Waals surface area contributed by atoms with Crippen LogP contribution in [0.2, 0.25) is 0 Å². The largest absolute Gasteiger partial charge is 0.335 e. The molecule has 1 amide bonds. The molecule has 0 aliphatic carbocycles. The number of rotatable bonds is 6. The van der Waals surface area contributed by atoms with Crippen molar-refractivity contribution in [2.75, 3.05) is 5.32 Å². The van der Waals surface area contributed by atoms with Gasteiger partial charge >= 0.3 is 0 Å². The van der Waals surface area contributed by atoms with E-state index in [1.807, 2.05) is 30.3 Å². The molecule has 7 aromatic rings. The Morgan fingerprint density at radius 1 is 0.881 bits per heavy atom. The van der Waals surface area contributed by atoms with Crippen molar-refractivity contribution in [2.45, 2.75) is 6.42 Å². The van der Waals surface area contributed by atoms with Gasteiger partial charge in [0.25, 0.3) is 0 Å². The van der Waals surface area contributed by atoms with Crippen LogP contribution in [0.15, 0.2) is 97.5 Å². The number of nitrogens with zero attached hydrogens (tertiary/aromatic N) is 4. The topological polar surface area (TPSA) is 112 Å². The molecule has 3 aromatic carbocycles. The molecule has 7 rings (SSSR count). The number of anilines is 1. The summed E-state index contributed by atoms with van der Waals surface area (Å²) >= 11 is 0. The Bertz CT molecular complexity index is 2100. The number of H-pyrrole nitrogens is 2. The lowest BCUT2D eigenvalue weighted by atomic mass is 10.0. The molecule has 204 valence electrons. The van der Waals surface area contributed by atoms with E-state index in [0.717, 1.165) is 5.56 Å². The third-order valence-corrected chi connectivity index (χ3v) is 6.96. The number of hydrogen-bond acceptors (Lipinski definition) is 5. The Balaban J connectivity index is 1.25. The van der Waals surface area contributed by atoms with E-state index in [-0.39, 0.29) is 34.8 Å². The fourth-order valence-electron chi connectivity index (χ4n) is 5.03. The molecule has 0 bridgehead atoms. The number of fused-ring (bicyclic) bond motifs is 2. The second-order valence-corrected chi connectivity index (χ2v) is 9.75. The van der Waals surface area contributed by atoms with Gasteiger partial charge in [0.2, 0.25) is 5.91 Å². The summed E-state index contributed by atoms with van der Waals surface area (Å²) in [5.74, 6) is -0.781. The fraction of sp³-hybridized carbons (Fsp3) is 0.0312. The molecule has 0 aliphatic rings. The molecule has 3 N–H and O–H groups in total. The molecule has 0 spiro atoms. The van der Waals surface area contributed by atoms with E-state index in [4.69, 9.17) is 0 Å². The van der Waals surface area contributed by atoms with Crippen molar-refractivity contribution in [1.29, 1.82) is 0 Å². The fourth-order valence-corrected chi connectivity index (χ4v) is 5.03. The van der Waals surface area contributed by atoms with E-state index in [1.165, 1.54) is 24.5 Å². The zero-order valence-corrected chi connectivity index (χ0v) is 21.9. The van der Waals surface area contributed by atoms with Crippen molar-refractivity contribution < 1.29 is 13.6 Å². The molecule has 0 saturated heterocycles. The normalized spacial score (nSPS) is 11.3. The Kier molecular flexibility index (Phi) is 6.20. The lowest BCUT2D eigenvalue weighted by molar-refractivity contribution is -0.115. The molecule has 42 heavy (non-hydrogen) atoms. The highest BCUT2D eigenvalue weighted by molar-refractivity contribution is 5.98. The van der Waals surface area contributed by atoms with Gasteiger partial charge in [-0.15, -0.1) is 0 Å². The first kappa shape index (κ1) is 25.2. The summed E-state index contributed by atoms with van der Waals surface area (Å²) in [6.07, 6.45) is 4.85. The molecular weight excluding hydrogens is 536 g/mol. The summed E-state index contributed by atoms with van der Waals surface area (Å²) in [6, 6.07) is 22.4. The lowest BCUT2D eigenvalue weighted by Gasteiger charge is -2.09. The van der Waals surface area contributed by atoms with Gasteiger partial charge in [-0.25, -0.2) is 18.7 Å². The van der Waals surface area contributed by atoms with Gasteiger partial charge in [0, 0.05) is 29.1 Å². The van der Waals surface area contributed by atoms with Crippen LogP contribution in [0.25, 0.3) is 55.8 Å². The van der Waals surface area contributed by atoms with Gasteiger partial charge in [0.1, 0.15) is 17.3 Å². The number of aromatic nitrogens is 6. The van der Waals surface area contributed by atoms with E-state index in [2.05, 4.69) is 35.5 Å². The molecule has 0 saturated carbocycles. The first-order valence-electron chi connectivity index (χ1n) is 13.1. The number of imidazole rings is 1. The van der Waals surface area contributed by atoms with Crippen molar-refractivity contribution in [3.8, 4) is 33.8 Å². The Morgan fingerprint density at radius 3 is 2.62 bits per heavy atom. The molecule has 0 aliphatic heterocycles. The number of aromatic amines is 2. The van der Waals surface area contributed by atoms with E-state index < -0.39 is 5.82 Å². The first-order chi connectivity index (χ1) is 20.5. The lowest BCUT2D eigenvalue weighted by Crippen LogP contribution is -2.14. The second kappa shape index (κ2) is 10.3. The number of carbonyl (C=O) groups excluding carboxylic acids is 1. The van der Waals surface area contributed by atoms with Gasteiger partial charge in [-0.1, -0.05) is 42.5 Å². The highest BCUT2D eigenvalue weighted by atomic mass is 19.1. The average molecular weight is 558 g/mol. The number of pyridine rings is 2. The highest BCUT2D eigenvalue weighted by Gasteiger charge is 2.21. The van der Waals surface area contributed by atoms with Crippen molar-refractivity contribution >= 4 is 33.7 Å². The predicted molar refractivity (Wildman–Crippen MR) is 156 cm³/mol. The molecule has 0 atom stereocenters. The maximum absolute atomic E-state index is 16.2. The maximum Gasteiger partial charge on any atom is 0.228 e. The Morgan fingerprint density at radius 2 is 1.76 bits per heavy atom. The smallest absolute Gasteiger partial charge is 0.228 e. The van der Waals surface area contributed by atoms with Gasteiger partial charge in [0.15, 0.2) is 11.5 Å². The van der Waals surface area contributed by atoms with Crippen LogP contribution in [-0.2, 0) is 11.2 Å². The van der Waals surface area contributed by atoms with Gasteiger partial charge in [-0.2, -0.15) is 5.10 Å². The molecule has 8 nitrogen and oxygen atoms in total. The molecule has 0 radical (unpaired) electrons. The quantitative estimate of drug-likeness (QED) is 0.211. The monoisotopic (exact) mass is 557 g/mol. The van der Waals surface area contributed by atoms with Crippen LogP contribution in [0.5, 0.6) is 0 Å². The first-order valence-corrected chi connectivity index (χ1v) is 13.1. The van der Waals surface area contributed by atoms with Gasteiger partial charge < -0.3 is 10.3 Å². The van der Waals surface area contributed by atoms with Gasteiger partial charge in [-0.05, 0) is 47.5 Å². The van der Waals surface area contributed by atoms with E-state index in [0.29, 0.717) is 44.9 Å². The maximum atomic E-state index is 16.2. The standard InChI is InChI=1S/C32H21F2N7O/c33-21-8-4-7-19(14-21)24-11-12-36-31-29(24)38-32(39-31)30-27-25(40-41-30)10-9-23(28(27)34)20-15-22(17-35-16-20)37-26(42)13-18-5-2-1-3-6-18/h1-12,14-17H,13H2,(H,37,42)(H,40,41)(H,36,38,39). The van der Waals surface area contributed by atoms with Crippen molar-refractivity contribution in [1.82, 2.24) is 30.1 Å². The van der Waals surface area contributed by atoms with Crippen LogP contribution in [0, 0.1) is 11.6 Å². The zero-order chi connectivity index (χ0) is 28.6. The number of hydrogen-bond donors (Lipinski definition) is 3. The molecule has 0 fully saturated rings. The van der Waals surface area contributed by atoms with Crippen LogP contribution in [0.4, 0.5) is 14.5 Å². The minimum Gasteiger partial charge on any atom is -0.335 e. The minimum atomic E-state index is -0.524.